The molecule has 0 radical (unpaired) electrons. The van der Waals surface area contributed by atoms with Gasteiger partial charge in [-0.3, -0.25) is 9.47 Å². The van der Waals surface area contributed by atoms with E-state index in [1.54, 1.807) is 4.57 Å². The topological polar surface area (TPSA) is 96.5 Å². The van der Waals surface area contributed by atoms with Gasteiger partial charge in [-0.1, -0.05) is 6.92 Å². The third-order valence-corrected chi connectivity index (χ3v) is 8.96. The van der Waals surface area contributed by atoms with Gasteiger partial charge in [0.1, 0.15) is 16.5 Å². The van der Waals surface area contributed by atoms with Gasteiger partial charge < -0.3 is 19.9 Å². The van der Waals surface area contributed by atoms with Gasteiger partial charge in [0.05, 0.1) is 11.9 Å². The van der Waals surface area contributed by atoms with E-state index in [1.165, 1.54) is 41.4 Å². The summed E-state index contributed by atoms with van der Waals surface area (Å²) < 4.78 is 1.75. The number of imidazole rings is 1. The zero-order valence-corrected chi connectivity index (χ0v) is 21.3. The highest BCUT2D eigenvalue weighted by Crippen LogP contribution is 2.41. The van der Waals surface area contributed by atoms with Gasteiger partial charge >= 0.3 is 5.82 Å². The number of piperidine rings is 1. The maximum Gasteiger partial charge on any atom is 0.406 e. The lowest BCUT2D eigenvalue weighted by atomic mass is 9.99. The lowest BCUT2D eigenvalue weighted by molar-refractivity contribution is -0.388. The Bertz CT molecular complexity index is 1250. The SMILES string of the molecule is CC1CCN(Cc2nc(N3CCN(c4c([N+](=O)[O-])ncn4C)CC3)c3c4c(sc3n2)CCC4)CC1. The monoisotopic (exact) mass is 496 g/mol. The molecule has 3 aromatic heterocycles. The third-order valence-electron chi connectivity index (χ3n) is 7.77. The second-order valence-corrected chi connectivity index (χ2v) is 11.3. The number of nitro groups is 1. The summed E-state index contributed by atoms with van der Waals surface area (Å²) in [7, 11) is 1.82. The number of fused-ring (bicyclic) bond motifs is 3. The summed E-state index contributed by atoms with van der Waals surface area (Å²) in [6.07, 6.45) is 7.47. The minimum atomic E-state index is -0.391. The van der Waals surface area contributed by atoms with E-state index in [1.807, 2.05) is 18.4 Å². The third kappa shape index (κ3) is 4.14. The quantitative estimate of drug-likeness (QED) is 0.392. The Labute approximate surface area is 208 Å². The number of likely N-dealkylation sites (tertiary alicyclic amines) is 1. The van der Waals surface area contributed by atoms with Crippen LogP contribution in [0.5, 0.6) is 0 Å². The Morgan fingerprint density at radius 1 is 1.09 bits per heavy atom. The molecule has 0 spiro atoms. The molecule has 0 atom stereocenters. The molecule has 186 valence electrons. The molecule has 2 fully saturated rings. The fourth-order valence-electron chi connectivity index (χ4n) is 5.77. The molecule has 3 aliphatic rings. The summed E-state index contributed by atoms with van der Waals surface area (Å²) in [5.41, 5.74) is 1.45. The van der Waals surface area contributed by atoms with Gasteiger partial charge in [0.15, 0.2) is 0 Å². The first-order valence-electron chi connectivity index (χ1n) is 12.7. The summed E-state index contributed by atoms with van der Waals surface area (Å²) in [6, 6.07) is 0. The lowest BCUT2D eigenvalue weighted by Gasteiger charge is -2.36. The van der Waals surface area contributed by atoms with E-state index in [0.717, 1.165) is 68.0 Å². The number of aryl methyl sites for hydroxylation is 3. The summed E-state index contributed by atoms with van der Waals surface area (Å²) in [6.45, 7) is 8.28. The summed E-state index contributed by atoms with van der Waals surface area (Å²) in [4.78, 5) is 34.9. The van der Waals surface area contributed by atoms with E-state index in [2.05, 4.69) is 26.6 Å². The van der Waals surface area contributed by atoms with Gasteiger partial charge in [-0.25, -0.2) is 9.97 Å². The van der Waals surface area contributed by atoms with Crippen molar-refractivity contribution >= 4 is 39.0 Å². The molecule has 0 amide bonds. The standard InChI is InChI=1S/C24H32N8O2S/c1-16-6-8-29(9-7-16)14-19-26-21(20-17-4-3-5-18(17)35-23(20)27-19)30-10-12-31(13-11-30)24-22(32(33)34)25-15-28(24)2/h15-16H,3-14H2,1-2H3. The summed E-state index contributed by atoms with van der Waals surface area (Å²) >= 11 is 1.85. The average molecular weight is 497 g/mol. The Balaban J connectivity index is 1.28. The van der Waals surface area contributed by atoms with Crippen molar-refractivity contribution in [2.45, 2.75) is 45.6 Å². The molecule has 5 heterocycles. The molecule has 2 saturated heterocycles. The molecule has 10 nitrogen and oxygen atoms in total. The van der Waals surface area contributed by atoms with Crippen LogP contribution >= 0.6 is 11.3 Å². The molecular weight excluding hydrogens is 464 g/mol. The van der Waals surface area contributed by atoms with Crippen LogP contribution in [0.25, 0.3) is 10.2 Å². The van der Waals surface area contributed by atoms with E-state index < -0.39 is 4.92 Å². The van der Waals surface area contributed by atoms with Crippen molar-refractivity contribution in [2.24, 2.45) is 13.0 Å². The maximum absolute atomic E-state index is 11.5. The highest BCUT2D eigenvalue weighted by atomic mass is 32.1. The second kappa shape index (κ2) is 9.02. The number of aromatic nitrogens is 4. The number of rotatable bonds is 5. The summed E-state index contributed by atoms with van der Waals surface area (Å²) in [5.74, 6) is 3.30. The molecule has 6 rings (SSSR count). The summed E-state index contributed by atoms with van der Waals surface area (Å²) in [5, 5.41) is 12.7. The lowest BCUT2D eigenvalue weighted by Crippen LogP contribution is -2.47. The first kappa shape index (κ1) is 22.7. The average Bonchev–Trinajstić information content (AvgIpc) is 3.54. The van der Waals surface area contributed by atoms with Crippen molar-refractivity contribution in [2.75, 3.05) is 49.1 Å². The molecule has 0 N–H and O–H groups in total. The molecule has 0 aromatic carbocycles. The van der Waals surface area contributed by atoms with E-state index in [4.69, 9.17) is 9.97 Å². The Morgan fingerprint density at radius 2 is 1.83 bits per heavy atom. The number of thiophene rings is 1. The Hall–Kier alpha value is -2.79. The molecular formula is C24H32N8O2S. The highest BCUT2D eigenvalue weighted by molar-refractivity contribution is 7.19. The first-order valence-corrected chi connectivity index (χ1v) is 13.5. The predicted molar refractivity (Wildman–Crippen MR) is 137 cm³/mol. The molecule has 11 heteroatoms. The van der Waals surface area contributed by atoms with Crippen LogP contribution in [0.3, 0.4) is 0 Å². The fourth-order valence-corrected chi connectivity index (χ4v) is 7.05. The van der Waals surface area contributed by atoms with Gasteiger partial charge in [-0.15, -0.1) is 11.3 Å². The van der Waals surface area contributed by atoms with Crippen LogP contribution in [0.1, 0.15) is 42.5 Å². The minimum Gasteiger partial charge on any atom is -0.358 e. The molecule has 1 aliphatic carbocycles. The van der Waals surface area contributed by atoms with Crippen LogP contribution < -0.4 is 9.80 Å². The van der Waals surface area contributed by atoms with Crippen molar-refractivity contribution in [3.05, 3.63) is 32.7 Å². The fraction of sp³-hybridized carbons (Fsp3) is 0.625. The van der Waals surface area contributed by atoms with Gasteiger partial charge in [0, 0.05) is 38.1 Å². The van der Waals surface area contributed by atoms with Crippen LogP contribution in [0.2, 0.25) is 0 Å². The molecule has 0 unspecified atom stereocenters. The molecule has 0 saturated carbocycles. The second-order valence-electron chi connectivity index (χ2n) is 10.2. The first-order chi connectivity index (χ1) is 17.0. The van der Waals surface area contributed by atoms with Crippen molar-refractivity contribution < 1.29 is 4.92 Å². The van der Waals surface area contributed by atoms with Crippen LogP contribution in [0.4, 0.5) is 17.5 Å². The highest BCUT2D eigenvalue weighted by Gasteiger charge is 2.31. The number of hydrogen-bond donors (Lipinski definition) is 0. The van der Waals surface area contributed by atoms with E-state index in [0.29, 0.717) is 18.9 Å². The maximum atomic E-state index is 11.5. The number of anilines is 2. The van der Waals surface area contributed by atoms with Crippen LogP contribution in [0, 0.1) is 16.0 Å². The largest absolute Gasteiger partial charge is 0.406 e. The molecule has 3 aromatic rings. The Kier molecular flexibility index (Phi) is 5.84. The van der Waals surface area contributed by atoms with E-state index >= 15 is 0 Å². The van der Waals surface area contributed by atoms with Gasteiger partial charge in [-0.2, -0.15) is 0 Å². The zero-order valence-electron chi connectivity index (χ0n) is 20.4. The van der Waals surface area contributed by atoms with Crippen molar-refractivity contribution in [1.82, 2.24) is 24.4 Å². The zero-order chi connectivity index (χ0) is 24.1. The number of hydrogen-bond acceptors (Lipinski definition) is 9. The molecule has 35 heavy (non-hydrogen) atoms. The van der Waals surface area contributed by atoms with Crippen molar-refractivity contribution in [1.29, 1.82) is 0 Å². The van der Waals surface area contributed by atoms with Gasteiger partial charge in [-0.05, 0) is 66.6 Å². The van der Waals surface area contributed by atoms with Crippen LogP contribution in [0.15, 0.2) is 6.33 Å². The van der Waals surface area contributed by atoms with E-state index in [-0.39, 0.29) is 5.82 Å². The smallest absolute Gasteiger partial charge is 0.358 e. The van der Waals surface area contributed by atoms with E-state index in [9.17, 15) is 10.1 Å². The van der Waals surface area contributed by atoms with Gasteiger partial charge in [0.2, 0.25) is 12.1 Å². The van der Waals surface area contributed by atoms with Gasteiger partial charge in [0.25, 0.3) is 0 Å². The van der Waals surface area contributed by atoms with Crippen molar-refractivity contribution in [3.63, 3.8) is 0 Å². The predicted octanol–water partition coefficient (Wildman–Crippen LogP) is 3.38. The molecule has 0 bridgehead atoms. The Morgan fingerprint density at radius 3 is 2.57 bits per heavy atom. The van der Waals surface area contributed by atoms with Crippen LogP contribution in [-0.2, 0) is 26.4 Å². The normalized spacial score (nSPS) is 19.6. The number of nitrogens with zero attached hydrogens (tertiary/aromatic N) is 8. The minimum absolute atomic E-state index is 0.0702. The number of piperazine rings is 1. The van der Waals surface area contributed by atoms with Crippen molar-refractivity contribution in [3.8, 4) is 0 Å². The molecule has 2 aliphatic heterocycles. The van der Waals surface area contributed by atoms with Crippen LogP contribution in [-0.4, -0.2) is 68.6 Å².